The largest absolute Gasteiger partial charge is 0.487 e. The number of carbonyl (C=O) groups excluding carboxylic acids is 3. The minimum absolute atomic E-state index is 0.167. The number of fused-ring (bicyclic) bond motifs is 1. The Morgan fingerprint density at radius 1 is 1.20 bits per heavy atom. The van der Waals surface area contributed by atoms with Crippen molar-refractivity contribution in [3.8, 4) is 5.75 Å². The van der Waals surface area contributed by atoms with Crippen LogP contribution < -0.4 is 4.74 Å². The Morgan fingerprint density at radius 2 is 1.95 bits per heavy atom. The van der Waals surface area contributed by atoms with Gasteiger partial charge in [-0.05, 0) is 71.1 Å². The van der Waals surface area contributed by atoms with Gasteiger partial charge in [0.2, 0.25) is 11.8 Å². The summed E-state index contributed by atoms with van der Waals surface area (Å²) >= 11 is 6.52. The van der Waals surface area contributed by atoms with Crippen molar-refractivity contribution in [2.24, 2.45) is 11.3 Å². The lowest BCUT2D eigenvalue weighted by molar-refractivity contribution is -0.203. The van der Waals surface area contributed by atoms with Crippen LogP contribution in [0.1, 0.15) is 86.6 Å². The highest BCUT2D eigenvalue weighted by Crippen LogP contribution is 2.46. The van der Waals surface area contributed by atoms with Crippen molar-refractivity contribution in [3.05, 3.63) is 45.3 Å². The van der Waals surface area contributed by atoms with Crippen LogP contribution >= 0.6 is 11.6 Å². The van der Waals surface area contributed by atoms with Crippen LogP contribution in [0.25, 0.3) is 0 Å². The Morgan fingerprint density at radius 3 is 2.54 bits per heavy atom. The summed E-state index contributed by atoms with van der Waals surface area (Å²) in [6, 6.07) is 3.27. The van der Waals surface area contributed by atoms with E-state index in [-0.39, 0.29) is 18.6 Å². The van der Waals surface area contributed by atoms with Crippen molar-refractivity contribution in [3.63, 3.8) is 0 Å². The van der Waals surface area contributed by atoms with Crippen molar-refractivity contribution in [1.82, 2.24) is 15.0 Å². The minimum atomic E-state index is -1.18. The van der Waals surface area contributed by atoms with E-state index in [2.05, 4.69) is 10.1 Å². The maximum atomic E-state index is 13.7. The molecule has 11 heteroatoms. The number of hydrogen-bond donors (Lipinski definition) is 0. The molecule has 41 heavy (non-hydrogen) atoms. The van der Waals surface area contributed by atoms with Crippen LogP contribution in [0, 0.1) is 25.2 Å². The molecule has 1 saturated carbocycles. The van der Waals surface area contributed by atoms with E-state index in [4.69, 9.17) is 20.9 Å². The van der Waals surface area contributed by atoms with Crippen molar-refractivity contribution in [2.75, 3.05) is 20.1 Å². The number of ether oxygens (including phenoxy) is 1. The number of halogens is 2. The van der Waals surface area contributed by atoms with Gasteiger partial charge in [0.25, 0.3) is 0 Å². The molecule has 1 aromatic carbocycles. The molecule has 3 aliphatic rings. The summed E-state index contributed by atoms with van der Waals surface area (Å²) in [5.41, 5.74) is 2.25. The first kappa shape index (κ1) is 30.8. The van der Waals surface area contributed by atoms with Crippen LogP contribution in [0.5, 0.6) is 5.75 Å². The zero-order valence-corrected chi connectivity index (χ0v) is 25.2. The van der Waals surface area contributed by atoms with Crippen LogP contribution in [0.3, 0.4) is 0 Å². The van der Waals surface area contributed by atoms with Gasteiger partial charge in [-0.15, -0.1) is 0 Å². The number of hydrogen-bond acceptors (Lipinski definition) is 7. The first-order valence-electron chi connectivity index (χ1n) is 14.2. The third-order valence-corrected chi connectivity index (χ3v) is 9.36. The normalized spacial score (nSPS) is 23.9. The van der Waals surface area contributed by atoms with E-state index in [1.54, 1.807) is 28.9 Å². The summed E-state index contributed by atoms with van der Waals surface area (Å²) in [4.78, 5) is 43.7. The van der Waals surface area contributed by atoms with Gasteiger partial charge in [0, 0.05) is 47.2 Å². The van der Waals surface area contributed by atoms with Crippen LogP contribution in [-0.4, -0.2) is 52.9 Å². The van der Waals surface area contributed by atoms with Gasteiger partial charge in [-0.25, -0.2) is 4.79 Å². The van der Waals surface area contributed by atoms with E-state index in [1.807, 2.05) is 27.8 Å². The highest BCUT2D eigenvalue weighted by molar-refractivity contribution is 6.31. The maximum absolute atomic E-state index is 13.7. The molecule has 1 aliphatic carbocycles. The molecule has 1 aromatic heterocycles. The van der Waals surface area contributed by atoms with Crippen LogP contribution in [-0.2, 0) is 32.4 Å². The summed E-state index contributed by atoms with van der Waals surface area (Å²) in [7, 11) is 1.84. The molecule has 2 unspecified atom stereocenters. The molecule has 2 amide bonds. The molecule has 0 N–H and O–H groups in total. The third kappa shape index (κ3) is 6.22. The Bertz CT molecular complexity index is 1300. The van der Waals surface area contributed by atoms with E-state index in [9.17, 15) is 18.9 Å². The minimum Gasteiger partial charge on any atom is -0.487 e. The average molecular weight is 592 g/mol. The Labute approximate surface area is 245 Å². The number of benzene rings is 1. The number of carbonyl (C=O) groups is 3. The van der Waals surface area contributed by atoms with Crippen molar-refractivity contribution < 1.29 is 33.1 Å². The lowest BCUT2D eigenvalue weighted by Crippen LogP contribution is -2.50. The molecule has 0 radical (unpaired) electrons. The van der Waals surface area contributed by atoms with E-state index < -0.39 is 17.3 Å². The first-order valence-corrected chi connectivity index (χ1v) is 14.6. The zero-order valence-electron chi connectivity index (χ0n) is 24.4. The molecule has 9 nitrogen and oxygen atoms in total. The zero-order chi connectivity index (χ0) is 29.9. The second-order valence-electron chi connectivity index (χ2n) is 11.5. The number of likely N-dealkylation sites (tertiary alicyclic amines) is 1. The predicted octanol–water partition coefficient (Wildman–Crippen LogP) is 5.83. The molecule has 3 atom stereocenters. The SMILES string of the molecule is CN1CCCC1=O.Cc1onc(COc2ccc(Cl)c3c2C(C)N(C(=O)C2CCCC[C@]2(C)C(=O)OF)CC3)c1C. The van der Waals surface area contributed by atoms with E-state index in [0.717, 1.165) is 54.7 Å². The first-order chi connectivity index (χ1) is 19.5. The van der Waals surface area contributed by atoms with Crippen molar-refractivity contribution >= 4 is 29.4 Å². The lowest BCUT2D eigenvalue weighted by atomic mass is 9.66. The fourth-order valence-corrected chi connectivity index (χ4v) is 6.39. The molecule has 0 bridgehead atoms. The molecule has 2 aliphatic heterocycles. The van der Waals surface area contributed by atoms with Gasteiger partial charge in [0.1, 0.15) is 23.8 Å². The predicted molar refractivity (Wildman–Crippen MR) is 150 cm³/mol. The summed E-state index contributed by atoms with van der Waals surface area (Å²) in [5, 5.41) is 4.68. The smallest absolute Gasteiger partial charge is 0.355 e. The second kappa shape index (κ2) is 12.8. The average Bonchev–Trinajstić information content (AvgIpc) is 3.50. The number of rotatable bonds is 5. The van der Waals surface area contributed by atoms with Crippen molar-refractivity contribution in [1.29, 1.82) is 0 Å². The molecular formula is C30H39ClFN3O6. The number of nitrogens with zero attached hydrogens (tertiary/aromatic N) is 3. The van der Waals surface area contributed by atoms with E-state index >= 15 is 0 Å². The third-order valence-electron chi connectivity index (χ3n) is 9.00. The standard InChI is InChI=1S/C25H30ClFN2O5.C5H9NO/c1-14-16(3)34-28-20(14)13-32-21-9-8-19(26)17-10-12-29(15(2)22(17)21)23(30)18-7-5-6-11-25(18,4)24(31)33-27;1-6-4-2-3-5(6)7/h8-9,15,18H,5-7,10-13H2,1-4H3;2-4H2,1H3/t15?,18?,25-;/m0./s1. The molecule has 2 fully saturated rings. The highest BCUT2D eigenvalue weighted by Gasteiger charge is 2.50. The van der Waals surface area contributed by atoms with Gasteiger partial charge in [-0.2, -0.15) is 0 Å². The summed E-state index contributed by atoms with van der Waals surface area (Å²) < 4.78 is 24.3. The second-order valence-corrected chi connectivity index (χ2v) is 11.9. The number of aromatic nitrogens is 1. The molecule has 3 heterocycles. The highest BCUT2D eigenvalue weighted by atomic mass is 35.5. The van der Waals surface area contributed by atoms with Crippen LogP contribution in [0.15, 0.2) is 16.7 Å². The van der Waals surface area contributed by atoms with E-state index in [0.29, 0.717) is 48.2 Å². The molecule has 2 aromatic rings. The quantitative estimate of drug-likeness (QED) is 0.431. The number of aryl methyl sites for hydroxylation is 1. The fourth-order valence-electron chi connectivity index (χ4n) is 6.13. The Balaban J connectivity index is 0.000000483. The van der Waals surface area contributed by atoms with E-state index in [1.165, 1.54) is 0 Å². The topological polar surface area (TPSA) is 102 Å². The van der Waals surface area contributed by atoms with Gasteiger partial charge in [0.05, 0.1) is 17.4 Å². The monoisotopic (exact) mass is 591 g/mol. The summed E-state index contributed by atoms with van der Waals surface area (Å²) in [5.74, 6) is -0.123. The van der Waals surface area contributed by atoms with Crippen LogP contribution in [0.4, 0.5) is 4.53 Å². The van der Waals surface area contributed by atoms with Gasteiger partial charge in [-0.3, -0.25) is 14.5 Å². The van der Waals surface area contributed by atoms with Crippen LogP contribution in [0.2, 0.25) is 5.02 Å². The van der Waals surface area contributed by atoms with Gasteiger partial charge < -0.3 is 19.1 Å². The Hall–Kier alpha value is -3.14. The summed E-state index contributed by atoms with van der Waals surface area (Å²) in [6.45, 7) is 8.97. The lowest BCUT2D eigenvalue weighted by Gasteiger charge is -2.43. The summed E-state index contributed by atoms with van der Waals surface area (Å²) in [6.07, 6.45) is 4.86. The number of amides is 2. The Kier molecular flexibility index (Phi) is 9.62. The molecule has 5 rings (SSSR count). The molecular weight excluding hydrogens is 553 g/mol. The molecule has 224 valence electrons. The van der Waals surface area contributed by atoms with Gasteiger partial charge in [-0.1, -0.05) is 29.6 Å². The molecule has 1 saturated heterocycles. The van der Waals surface area contributed by atoms with Crippen molar-refractivity contribution in [2.45, 2.75) is 85.3 Å². The molecule has 0 spiro atoms. The fraction of sp³-hybridized carbons (Fsp3) is 0.600. The maximum Gasteiger partial charge on any atom is 0.355 e. The van der Waals surface area contributed by atoms with Gasteiger partial charge in [0.15, 0.2) is 0 Å². The van der Waals surface area contributed by atoms with Gasteiger partial charge >= 0.3 is 5.97 Å².